The second-order valence-electron chi connectivity index (χ2n) is 5.53. The Morgan fingerprint density at radius 2 is 2.23 bits per heavy atom. The van der Waals surface area contributed by atoms with Crippen LogP contribution in [0.1, 0.15) is 30.1 Å². The minimum Gasteiger partial charge on any atom is -0.497 e. The van der Waals surface area contributed by atoms with Crippen molar-refractivity contribution in [2.75, 3.05) is 7.11 Å². The summed E-state index contributed by atoms with van der Waals surface area (Å²) in [6.07, 6.45) is 5.30. The average molecular weight is 297 g/mol. The zero-order valence-electron chi connectivity index (χ0n) is 12.2. The lowest BCUT2D eigenvalue weighted by Crippen LogP contribution is -2.21. The first kappa shape index (κ1) is 13.1. The lowest BCUT2D eigenvalue weighted by molar-refractivity contribution is 0.382. The molecular formula is C16H15N3O3. The monoisotopic (exact) mass is 297 g/mol. The van der Waals surface area contributed by atoms with Gasteiger partial charge in [-0.05, 0) is 25.0 Å². The molecule has 6 nitrogen and oxygen atoms in total. The maximum atomic E-state index is 12.3. The molecule has 0 unspecified atom stereocenters. The van der Waals surface area contributed by atoms with Crippen molar-refractivity contribution in [3.63, 3.8) is 0 Å². The largest absolute Gasteiger partial charge is 0.497 e. The highest BCUT2D eigenvalue weighted by Crippen LogP contribution is 2.41. The van der Waals surface area contributed by atoms with Gasteiger partial charge in [-0.1, -0.05) is 5.16 Å². The summed E-state index contributed by atoms with van der Waals surface area (Å²) >= 11 is 0. The van der Waals surface area contributed by atoms with E-state index in [2.05, 4.69) is 10.1 Å². The Hall–Kier alpha value is -2.63. The summed E-state index contributed by atoms with van der Waals surface area (Å²) in [5, 5.41) is 3.89. The Kier molecular flexibility index (Phi) is 2.96. The molecule has 112 valence electrons. The van der Waals surface area contributed by atoms with E-state index in [0.717, 1.165) is 35.2 Å². The SMILES string of the molecule is COc1ccc2ncc(=O)n(Cc3cnoc3C3CC3)c2c1. The first-order valence-corrected chi connectivity index (χ1v) is 7.23. The van der Waals surface area contributed by atoms with Crippen LogP contribution >= 0.6 is 0 Å². The van der Waals surface area contributed by atoms with Crippen LogP contribution < -0.4 is 10.3 Å². The second-order valence-corrected chi connectivity index (χ2v) is 5.53. The molecule has 1 aromatic carbocycles. The smallest absolute Gasteiger partial charge is 0.269 e. The van der Waals surface area contributed by atoms with Crippen molar-refractivity contribution in [3.05, 3.63) is 52.3 Å². The van der Waals surface area contributed by atoms with Crippen molar-refractivity contribution in [2.24, 2.45) is 0 Å². The molecule has 0 atom stereocenters. The van der Waals surface area contributed by atoms with Gasteiger partial charge in [-0.3, -0.25) is 4.79 Å². The fourth-order valence-corrected chi connectivity index (χ4v) is 2.67. The maximum Gasteiger partial charge on any atom is 0.269 e. The van der Waals surface area contributed by atoms with Crippen molar-refractivity contribution in [1.82, 2.24) is 14.7 Å². The molecule has 0 saturated heterocycles. The Balaban J connectivity index is 1.84. The van der Waals surface area contributed by atoms with Gasteiger partial charge in [0.1, 0.15) is 11.5 Å². The zero-order valence-corrected chi connectivity index (χ0v) is 12.2. The van der Waals surface area contributed by atoms with E-state index in [-0.39, 0.29) is 5.56 Å². The van der Waals surface area contributed by atoms with Crippen LogP contribution in [0, 0.1) is 0 Å². The first-order chi connectivity index (χ1) is 10.8. The van der Waals surface area contributed by atoms with Gasteiger partial charge in [0.05, 0.1) is 37.1 Å². The number of hydrogen-bond acceptors (Lipinski definition) is 5. The van der Waals surface area contributed by atoms with Crippen molar-refractivity contribution >= 4 is 11.0 Å². The first-order valence-electron chi connectivity index (χ1n) is 7.23. The number of ether oxygens (including phenoxy) is 1. The van der Waals surface area contributed by atoms with E-state index in [0.29, 0.717) is 18.2 Å². The van der Waals surface area contributed by atoms with Crippen LogP contribution in [-0.2, 0) is 6.54 Å². The van der Waals surface area contributed by atoms with Gasteiger partial charge in [0, 0.05) is 17.5 Å². The number of aromatic nitrogens is 3. The summed E-state index contributed by atoms with van der Waals surface area (Å²) < 4.78 is 12.3. The van der Waals surface area contributed by atoms with E-state index in [1.54, 1.807) is 17.9 Å². The number of benzene rings is 1. The third-order valence-electron chi connectivity index (χ3n) is 4.01. The minimum absolute atomic E-state index is 0.149. The van der Waals surface area contributed by atoms with Crippen molar-refractivity contribution in [1.29, 1.82) is 0 Å². The molecule has 1 aliphatic carbocycles. The summed E-state index contributed by atoms with van der Waals surface area (Å²) in [5.74, 6) is 2.05. The number of nitrogens with zero attached hydrogens (tertiary/aromatic N) is 3. The van der Waals surface area contributed by atoms with Crippen LogP contribution in [-0.4, -0.2) is 21.8 Å². The highest BCUT2D eigenvalue weighted by Gasteiger charge is 2.30. The molecule has 0 N–H and O–H groups in total. The van der Waals surface area contributed by atoms with E-state index < -0.39 is 0 Å². The third-order valence-corrected chi connectivity index (χ3v) is 4.01. The Morgan fingerprint density at radius 1 is 1.36 bits per heavy atom. The van der Waals surface area contributed by atoms with Gasteiger partial charge in [-0.2, -0.15) is 0 Å². The molecule has 0 aliphatic heterocycles. The fraction of sp³-hybridized carbons (Fsp3) is 0.312. The predicted molar refractivity (Wildman–Crippen MR) is 80.1 cm³/mol. The lowest BCUT2D eigenvalue weighted by atomic mass is 10.2. The standard InChI is InChI=1S/C16H15N3O3/c1-21-12-4-5-13-14(6-12)19(15(20)8-17-13)9-11-7-18-22-16(11)10-2-3-10/h4-8,10H,2-3,9H2,1H3. The summed E-state index contributed by atoms with van der Waals surface area (Å²) in [6, 6.07) is 5.51. The molecule has 6 heteroatoms. The third kappa shape index (κ3) is 2.16. The predicted octanol–water partition coefficient (Wildman–Crippen LogP) is 2.32. The minimum atomic E-state index is -0.149. The highest BCUT2D eigenvalue weighted by molar-refractivity contribution is 5.76. The molecule has 0 bridgehead atoms. The van der Waals surface area contributed by atoms with Crippen molar-refractivity contribution in [3.8, 4) is 5.75 Å². The fourth-order valence-electron chi connectivity index (χ4n) is 2.67. The molecule has 3 aromatic rings. The summed E-state index contributed by atoms with van der Waals surface area (Å²) in [4.78, 5) is 16.5. The molecule has 1 aliphatic rings. The topological polar surface area (TPSA) is 70.2 Å². The van der Waals surface area contributed by atoms with Gasteiger partial charge in [0.15, 0.2) is 0 Å². The molecule has 0 radical (unpaired) electrons. The van der Waals surface area contributed by atoms with Gasteiger partial charge in [0.25, 0.3) is 5.56 Å². The highest BCUT2D eigenvalue weighted by atomic mass is 16.5. The van der Waals surface area contributed by atoms with E-state index >= 15 is 0 Å². The molecule has 0 amide bonds. The molecule has 1 fully saturated rings. The van der Waals surface area contributed by atoms with E-state index in [9.17, 15) is 4.79 Å². The summed E-state index contributed by atoms with van der Waals surface area (Å²) in [5.41, 5.74) is 2.31. The van der Waals surface area contributed by atoms with E-state index in [1.807, 2.05) is 18.2 Å². The van der Waals surface area contributed by atoms with E-state index in [1.165, 1.54) is 6.20 Å². The molecule has 2 heterocycles. The molecular weight excluding hydrogens is 282 g/mol. The van der Waals surface area contributed by atoms with Gasteiger partial charge >= 0.3 is 0 Å². The second kappa shape index (κ2) is 4.98. The van der Waals surface area contributed by atoms with Crippen molar-refractivity contribution < 1.29 is 9.26 Å². The van der Waals surface area contributed by atoms with Crippen LogP contribution in [0.15, 0.2) is 39.9 Å². The summed E-state index contributed by atoms with van der Waals surface area (Å²) in [6.45, 7) is 0.431. The van der Waals surface area contributed by atoms with Crippen LogP contribution in [0.3, 0.4) is 0 Å². The number of rotatable bonds is 4. The molecule has 22 heavy (non-hydrogen) atoms. The Morgan fingerprint density at radius 3 is 3.00 bits per heavy atom. The molecule has 2 aromatic heterocycles. The van der Waals surface area contributed by atoms with Gasteiger partial charge in [-0.25, -0.2) is 4.98 Å². The number of methoxy groups -OCH3 is 1. The van der Waals surface area contributed by atoms with Crippen molar-refractivity contribution in [2.45, 2.75) is 25.3 Å². The molecule has 1 saturated carbocycles. The van der Waals surface area contributed by atoms with Crippen LogP contribution in [0.5, 0.6) is 5.75 Å². The van der Waals surface area contributed by atoms with Crippen LogP contribution in [0.4, 0.5) is 0 Å². The lowest BCUT2D eigenvalue weighted by Gasteiger charge is -2.10. The maximum absolute atomic E-state index is 12.3. The Labute approximate surface area is 126 Å². The number of hydrogen-bond donors (Lipinski definition) is 0. The molecule has 4 rings (SSSR count). The Bertz CT molecular complexity index is 893. The average Bonchev–Trinajstić information content (AvgIpc) is 3.29. The van der Waals surface area contributed by atoms with Gasteiger partial charge in [-0.15, -0.1) is 0 Å². The normalized spacial score (nSPS) is 14.4. The summed E-state index contributed by atoms with van der Waals surface area (Å²) in [7, 11) is 1.60. The van der Waals surface area contributed by atoms with Crippen LogP contribution in [0.2, 0.25) is 0 Å². The van der Waals surface area contributed by atoms with Gasteiger partial charge < -0.3 is 13.8 Å². The number of fused-ring (bicyclic) bond motifs is 1. The zero-order chi connectivity index (χ0) is 15.1. The van der Waals surface area contributed by atoms with Crippen LogP contribution in [0.25, 0.3) is 11.0 Å². The van der Waals surface area contributed by atoms with Gasteiger partial charge in [0.2, 0.25) is 0 Å². The molecule has 0 spiro atoms. The van der Waals surface area contributed by atoms with E-state index in [4.69, 9.17) is 9.26 Å². The quantitative estimate of drug-likeness (QED) is 0.739.